The Hall–Kier alpha value is -1.45. The van der Waals surface area contributed by atoms with E-state index in [0.29, 0.717) is 6.42 Å². The lowest BCUT2D eigenvalue weighted by Gasteiger charge is -2.27. The highest BCUT2D eigenvalue weighted by Gasteiger charge is 2.27. The molecule has 0 spiro atoms. The third-order valence-electron chi connectivity index (χ3n) is 3.31. The Balaban J connectivity index is 2.27. The third-order valence-corrected chi connectivity index (χ3v) is 3.31. The van der Waals surface area contributed by atoms with Crippen molar-refractivity contribution in [2.24, 2.45) is 0 Å². The number of nitrogens with zero attached hydrogens (tertiary/aromatic N) is 1. The van der Waals surface area contributed by atoms with Crippen molar-refractivity contribution in [2.75, 3.05) is 0 Å². The third kappa shape index (κ3) is 1.32. The quantitative estimate of drug-likeness (QED) is 0.701. The first-order chi connectivity index (χ1) is 7.77. The molecule has 1 aliphatic rings. The summed E-state index contributed by atoms with van der Waals surface area (Å²) in [5, 5.41) is 20.6. The second kappa shape index (κ2) is 3.54. The number of hydrogen-bond donors (Lipinski definition) is 2. The zero-order chi connectivity index (χ0) is 11.1. The Morgan fingerprint density at radius 1 is 1.19 bits per heavy atom. The van der Waals surface area contributed by atoms with Gasteiger partial charge < -0.3 is 10.2 Å². The molecule has 0 aliphatic heterocycles. The molecule has 0 saturated carbocycles. The van der Waals surface area contributed by atoms with Gasteiger partial charge in [0.2, 0.25) is 0 Å². The van der Waals surface area contributed by atoms with Crippen LogP contribution in [-0.2, 0) is 6.42 Å². The van der Waals surface area contributed by atoms with E-state index in [4.69, 9.17) is 0 Å². The van der Waals surface area contributed by atoms with Gasteiger partial charge in [-0.2, -0.15) is 0 Å². The highest BCUT2D eigenvalue weighted by molar-refractivity contribution is 5.83. The first kappa shape index (κ1) is 9.75. The van der Waals surface area contributed by atoms with Gasteiger partial charge in [-0.15, -0.1) is 0 Å². The van der Waals surface area contributed by atoms with Crippen molar-refractivity contribution in [1.29, 1.82) is 0 Å². The fraction of sp³-hybridized carbons (Fsp3) is 0.308. The molecule has 3 heteroatoms. The molecule has 2 atom stereocenters. The monoisotopic (exact) mass is 215 g/mol. The number of rotatable bonds is 0. The summed E-state index contributed by atoms with van der Waals surface area (Å²) >= 11 is 0. The lowest BCUT2D eigenvalue weighted by Crippen LogP contribution is -2.25. The average Bonchev–Trinajstić information content (AvgIpc) is 2.33. The fourth-order valence-electron chi connectivity index (χ4n) is 2.44. The molecule has 1 heterocycles. The van der Waals surface area contributed by atoms with Crippen LogP contribution in [0.2, 0.25) is 0 Å². The number of aryl methyl sites for hydroxylation is 1. The molecule has 1 aromatic carbocycles. The van der Waals surface area contributed by atoms with Crippen LogP contribution in [0, 0.1) is 0 Å². The molecule has 0 bridgehead atoms. The second-order valence-corrected chi connectivity index (χ2v) is 4.25. The smallest absolute Gasteiger partial charge is 0.105 e. The number of pyridine rings is 1. The summed E-state index contributed by atoms with van der Waals surface area (Å²) in [5.74, 6) is 0. The average molecular weight is 215 g/mol. The van der Waals surface area contributed by atoms with Crippen molar-refractivity contribution >= 4 is 10.9 Å². The summed E-state index contributed by atoms with van der Waals surface area (Å²) < 4.78 is 0. The van der Waals surface area contributed by atoms with Gasteiger partial charge in [0.25, 0.3) is 0 Å². The number of benzene rings is 1. The predicted octanol–water partition coefficient (Wildman–Crippen LogP) is 1.58. The minimum absolute atomic E-state index is 0.613. The maximum atomic E-state index is 9.92. The number of aliphatic hydroxyl groups is 2. The van der Waals surface area contributed by atoms with Crippen LogP contribution in [-0.4, -0.2) is 21.3 Å². The molecule has 0 radical (unpaired) electrons. The van der Waals surface area contributed by atoms with Crippen LogP contribution >= 0.6 is 0 Å². The Bertz CT molecular complexity index is 538. The lowest BCUT2D eigenvalue weighted by atomic mass is 9.85. The molecule has 0 amide bonds. The lowest BCUT2D eigenvalue weighted by molar-refractivity contribution is 0.00675. The van der Waals surface area contributed by atoms with Crippen LogP contribution in [0.3, 0.4) is 0 Å². The number of aromatic nitrogens is 1. The molecule has 1 aromatic heterocycles. The van der Waals surface area contributed by atoms with E-state index in [1.54, 1.807) is 6.20 Å². The second-order valence-electron chi connectivity index (χ2n) is 4.25. The van der Waals surface area contributed by atoms with Gasteiger partial charge in [-0.3, -0.25) is 4.98 Å². The van der Waals surface area contributed by atoms with E-state index in [2.05, 4.69) is 4.98 Å². The number of hydrogen-bond acceptors (Lipinski definition) is 3. The van der Waals surface area contributed by atoms with E-state index in [1.165, 1.54) is 0 Å². The van der Waals surface area contributed by atoms with Crippen LogP contribution in [0.25, 0.3) is 10.9 Å². The largest absolute Gasteiger partial charge is 0.390 e. The standard InChI is InChI=1S/C13H13NO2/c15-12-6-4-8-9-2-1-7-14-11(9)5-3-10(8)13(12)16/h1-3,5,7,12-13,15-16H,4,6H2/t12-,13-/m0/s1. The van der Waals surface area contributed by atoms with Crippen LogP contribution in [0.15, 0.2) is 30.5 Å². The van der Waals surface area contributed by atoms with Gasteiger partial charge in [-0.25, -0.2) is 0 Å². The first-order valence-corrected chi connectivity index (χ1v) is 5.50. The summed E-state index contributed by atoms with van der Waals surface area (Å²) in [6.07, 6.45) is 1.79. The minimum atomic E-state index is -0.756. The molecule has 0 saturated heterocycles. The van der Waals surface area contributed by atoms with Crippen LogP contribution in [0.5, 0.6) is 0 Å². The fourth-order valence-corrected chi connectivity index (χ4v) is 2.44. The molecule has 3 nitrogen and oxygen atoms in total. The SMILES string of the molecule is O[C@H]1CCc2c(ccc3ncccc23)[C@@H]1O. The summed E-state index contributed by atoms with van der Waals surface area (Å²) in [6, 6.07) is 7.69. The molecule has 2 N–H and O–H groups in total. The predicted molar refractivity (Wildman–Crippen MR) is 61.0 cm³/mol. The van der Waals surface area contributed by atoms with E-state index in [9.17, 15) is 10.2 Å². The van der Waals surface area contributed by atoms with Crippen LogP contribution in [0.1, 0.15) is 23.7 Å². The highest BCUT2D eigenvalue weighted by Crippen LogP contribution is 2.33. The van der Waals surface area contributed by atoms with Gasteiger partial charge in [-0.1, -0.05) is 12.1 Å². The van der Waals surface area contributed by atoms with Crippen molar-refractivity contribution in [3.05, 3.63) is 41.6 Å². The summed E-state index contributed by atoms with van der Waals surface area (Å²) in [5.41, 5.74) is 2.92. The molecule has 1 aliphatic carbocycles. The van der Waals surface area contributed by atoms with E-state index >= 15 is 0 Å². The molecular formula is C13H13NO2. The van der Waals surface area contributed by atoms with Crippen LogP contribution < -0.4 is 0 Å². The normalized spacial score (nSPS) is 24.4. The van der Waals surface area contributed by atoms with Crippen molar-refractivity contribution in [3.8, 4) is 0 Å². The molecule has 3 rings (SSSR count). The Morgan fingerprint density at radius 2 is 2.06 bits per heavy atom. The van der Waals surface area contributed by atoms with Gasteiger partial charge in [0.15, 0.2) is 0 Å². The van der Waals surface area contributed by atoms with Gasteiger partial charge in [-0.05, 0) is 36.1 Å². The molecule has 16 heavy (non-hydrogen) atoms. The van der Waals surface area contributed by atoms with Crippen molar-refractivity contribution in [2.45, 2.75) is 25.0 Å². The zero-order valence-corrected chi connectivity index (χ0v) is 8.80. The van der Waals surface area contributed by atoms with E-state index in [0.717, 1.165) is 28.5 Å². The van der Waals surface area contributed by atoms with Gasteiger partial charge in [0.05, 0.1) is 11.6 Å². The first-order valence-electron chi connectivity index (χ1n) is 5.50. The summed E-state index contributed by atoms with van der Waals surface area (Å²) in [7, 11) is 0. The van der Waals surface area contributed by atoms with Crippen molar-refractivity contribution in [1.82, 2.24) is 4.98 Å². The zero-order valence-electron chi connectivity index (χ0n) is 8.80. The van der Waals surface area contributed by atoms with Crippen molar-refractivity contribution < 1.29 is 10.2 Å². The van der Waals surface area contributed by atoms with Crippen LogP contribution in [0.4, 0.5) is 0 Å². The maximum Gasteiger partial charge on any atom is 0.105 e. The van der Waals surface area contributed by atoms with E-state index in [1.807, 2.05) is 24.3 Å². The van der Waals surface area contributed by atoms with Gasteiger partial charge >= 0.3 is 0 Å². The van der Waals surface area contributed by atoms with Crippen molar-refractivity contribution in [3.63, 3.8) is 0 Å². The molecule has 0 fully saturated rings. The topological polar surface area (TPSA) is 53.4 Å². The Kier molecular flexibility index (Phi) is 2.16. The van der Waals surface area contributed by atoms with Gasteiger partial charge in [0.1, 0.15) is 6.10 Å². The molecule has 0 unspecified atom stereocenters. The van der Waals surface area contributed by atoms with Gasteiger partial charge in [0, 0.05) is 11.6 Å². The maximum absolute atomic E-state index is 9.92. The molecular weight excluding hydrogens is 202 g/mol. The minimum Gasteiger partial charge on any atom is -0.390 e. The number of aliphatic hydroxyl groups excluding tert-OH is 2. The van der Waals surface area contributed by atoms with E-state index in [-0.39, 0.29) is 0 Å². The highest BCUT2D eigenvalue weighted by atomic mass is 16.3. The summed E-state index contributed by atoms with van der Waals surface area (Å²) in [6.45, 7) is 0. The number of fused-ring (bicyclic) bond motifs is 3. The Morgan fingerprint density at radius 3 is 2.94 bits per heavy atom. The Labute approximate surface area is 93.4 Å². The molecule has 82 valence electrons. The van der Waals surface area contributed by atoms with E-state index < -0.39 is 12.2 Å². The summed E-state index contributed by atoms with van der Waals surface area (Å²) in [4.78, 5) is 4.29. The molecule has 2 aromatic rings.